The number of benzene rings is 1. The molecule has 1 aliphatic rings. The molecule has 0 aromatic heterocycles. The molecule has 1 fully saturated rings. The van der Waals surface area contributed by atoms with E-state index in [1.165, 1.54) is 16.8 Å². The van der Waals surface area contributed by atoms with E-state index in [4.69, 9.17) is 5.73 Å². The van der Waals surface area contributed by atoms with Gasteiger partial charge in [-0.3, -0.25) is 4.79 Å². The fourth-order valence-electron chi connectivity index (χ4n) is 2.79. The Morgan fingerprint density at radius 1 is 1.26 bits per heavy atom. The fraction of sp³-hybridized carbons (Fsp3) is 0.533. The zero-order valence-electron chi connectivity index (χ0n) is 11.9. The van der Waals surface area contributed by atoms with Gasteiger partial charge in [-0.05, 0) is 24.5 Å². The van der Waals surface area contributed by atoms with Crippen LogP contribution in [0.15, 0.2) is 18.2 Å². The van der Waals surface area contributed by atoms with E-state index in [2.05, 4.69) is 30.0 Å². The average Bonchev–Trinajstić information content (AvgIpc) is 2.64. The van der Waals surface area contributed by atoms with Crippen molar-refractivity contribution >= 4 is 11.6 Å². The van der Waals surface area contributed by atoms with Crippen LogP contribution < -0.4 is 10.6 Å². The molecule has 0 unspecified atom stereocenters. The Kier molecular flexibility index (Phi) is 4.43. The van der Waals surface area contributed by atoms with Gasteiger partial charge in [-0.25, -0.2) is 0 Å². The summed E-state index contributed by atoms with van der Waals surface area (Å²) in [5.74, 6) is 0.172. The van der Waals surface area contributed by atoms with E-state index >= 15 is 0 Å². The first-order chi connectivity index (χ1) is 9.13. The lowest BCUT2D eigenvalue weighted by atomic mass is 10.1. The maximum absolute atomic E-state index is 11.5. The Labute approximate surface area is 115 Å². The lowest BCUT2D eigenvalue weighted by Crippen LogP contribution is -2.34. The predicted octanol–water partition coefficient (Wildman–Crippen LogP) is 1.51. The van der Waals surface area contributed by atoms with Gasteiger partial charge >= 0.3 is 0 Å². The number of hydrogen-bond acceptors (Lipinski definition) is 3. The highest BCUT2D eigenvalue weighted by molar-refractivity contribution is 5.73. The molecule has 1 amide bonds. The Hall–Kier alpha value is -1.55. The number of aryl methyl sites for hydroxylation is 1. The molecule has 2 rings (SSSR count). The van der Waals surface area contributed by atoms with Gasteiger partial charge in [-0.1, -0.05) is 18.2 Å². The molecule has 0 bridgehead atoms. The summed E-state index contributed by atoms with van der Waals surface area (Å²) in [7, 11) is 0. The Morgan fingerprint density at radius 2 is 2.05 bits per heavy atom. The highest BCUT2D eigenvalue weighted by atomic mass is 16.2. The third kappa shape index (κ3) is 3.07. The molecule has 1 saturated heterocycles. The van der Waals surface area contributed by atoms with Crippen LogP contribution in [-0.2, 0) is 11.3 Å². The topological polar surface area (TPSA) is 49.6 Å². The van der Waals surface area contributed by atoms with Crippen molar-refractivity contribution < 1.29 is 4.79 Å². The van der Waals surface area contributed by atoms with Gasteiger partial charge in [0.1, 0.15) is 0 Å². The van der Waals surface area contributed by atoms with E-state index in [1.807, 2.05) is 4.90 Å². The second-order valence-corrected chi connectivity index (χ2v) is 5.13. The SMILES string of the molecule is CC(=O)N1CCCN(c2c(C)cccc2CN)CC1. The Balaban J connectivity index is 2.21. The van der Waals surface area contributed by atoms with Gasteiger partial charge in [0.05, 0.1) is 0 Å². The first kappa shape index (κ1) is 13.9. The molecule has 19 heavy (non-hydrogen) atoms. The zero-order valence-corrected chi connectivity index (χ0v) is 11.9. The van der Waals surface area contributed by atoms with Crippen molar-refractivity contribution in [2.24, 2.45) is 5.73 Å². The van der Waals surface area contributed by atoms with Gasteiger partial charge in [0, 0.05) is 45.3 Å². The molecule has 2 N–H and O–H groups in total. The first-order valence-electron chi connectivity index (χ1n) is 6.92. The van der Waals surface area contributed by atoms with Crippen LogP contribution in [0.2, 0.25) is 0 Å². The normalized spacial score (nSPS) is 16.4. The van der Waals surface area contributed by atoms with E-state index in [1.54, 1.807) is 6.92 Å². The molecule has 4 nitrogen and oxygen atoms in total. The Bertz CT molecular complexity index is 459. The fourth-order valence-corrected chi connectivity index (χ4v) is 2.79. The molecule has 1 heterocycles. The van der Waals surface area contributed by atoms with Crippen molar-refractivity contribution in [1.82, 2.24) is 4.90 Å². The predicted molar refractivity (Wildman–Crippen MR) is 78.2 cm³/mol. The largest absolute Gasteiger partial charge is 0.369 e. The number of nitrogens with zero attached hydrogens (tertiary/aromatic N) is 2. The molecule has 104 valence electrons. The summed E-state index contributed by atoms with van der Waals surface area (Å²) >= 11 is 0. The summed E-state index contributed by atoms with van der Waals surface area (Å²) in [5, 5.41) is 0. The monoisotopic (exact) mass is 261 g/mol. The van der Waals surface area contributed by atoms with Gasteiger partial charge in [-0.15, -0.1) is 0 Å². The molecule has 0 radical (unpaired) electrons. The number of carbonyl (C=O) groups excluding carboxylic acids is 1. The molecular formula is C15H23N3O. The molecule has 1 aliphatic heterocycles. The van der Waals surface area contributed by atoms with E-state index in [-0.39, 0.29) is 5.91 Å². The molecule has 0 atom stereocenters. The van der Waals surface area contributed by atoms with Gasteiger partial charge in [0.15, 0.2) is 0 Å². The second kappa shape index (κ2) is 6.06. The maximum Gasteiger partial charge on any atom is 0.219 e. The summed E-state index contributed by atoms with van der Waals surface area (Å²) in [5.41, 5.74) is 9.56. The number of nitrogens with two attached hydrogens (primary N) is 1. The highest BCUT2D eigenvalue weighted by Crippen LogP contribution is 2.26. The number of amides is 1. The average molecular weight is 261 g/mol. The smallest absolute Gasteiger partial charge is 0.219 e. The summed E-state index contributed by atoms with van der Waals surface area (Å²) in [4.78, 5) is 15.8. The van der Waals surface area contributed by atoms with Crippen molar-refractivity contribution in [2.45, 2.75) is 26.8 Å². The second-order valence-electron chi connectivity index (χ2n) is 5.13. The van der Waals surface area contributed by atoms with Crippen molar-refractivity contribution in [3.8, 4) is 0 Å². The highest BCUT2D eigenvalue weighted by Gasteiger charge is 2.19. The third-order valence-corrected chi connectivity index (χ3v) is 3.80. The minimum Gasteiger partial charge on any atom is -0.369 e. The van der Waals surface area contributed by atoms with Crippen LogP contribution in [0.5, 0.6) is 0 Å². The lowest BCUT2D eigenvalue weighted by Gasteiger charge is -2.27. The van der Waals surface area contributed by atoms with Crippen LogP contribution in [0.3, 0.4) is 0 Å². The van der Waals surface area contributed by atoms with Gasteiger partial charge < -0.3 is 15.5 Å². The van der Waals surface area contributed by atoms with Crippen LogP contribution in [0, 0.1) is 6.92 Å². The van der Waals surface area contributed by atoms with E-state index in [0.717, 1.165) is 32.6 Å². The van der Waals surface area contributed by atoms with Gasteiger partial charge in [-0.2, -0.15) is 0 Å². The summed E-state index contributed by atoms with van der Waals surface area (Å²) in [6, 6.07) is 6.28. The summed E-state index contributed by atoms with van der Waals surface area (Å²) in [6.45, 7) is 7.86. The van der Waals surface area contributed by atoms with E-state index in [0.29, 0.717) is 6.54 Å². The number of anilines is 1. The third-order valence-electron chi connectivity index (χ3n) is 3.80. The minimum atomic E-state index is 0.172. The van der Waals surface area contributed by atoms with Gasteiger partial charge in [0.25, 0.3) is 0 Å². The summed E-state index contributed by atoms with van der Waals surface area (Å²) in [6.07, 6.45) is 1.01. The number of para-hydroxylation sites is 1. The van der Waals surface area contributed by atoms with Crippen LogP contribution in [0.1, 0.15) is 24.5 Å². The minimum absolute atomic E-state index is 0.172. The Morgan fingerprint density at radius 3 is 2.74 bits per heavy atom. The molecule has 4 heteroatoms. The molecule has 0 saturated carbocycles. The van der Waals surface area contributed by atoms with Gasteiger partial charge in [0.2, 0.25) is 5.91 Å². The number of carbonyl (C=O) groups is 1. The number of rotatable bonds is 2. The van der Waals surface area contributed by atoms with Crippen molar-refractivity contribution in [3.05, 3.63) is 29.3 Å². The maximum atomic E-state index is 11.5. The summed E-state index contributed by atoms with van der Waals surface area (Å²) < 4.78 is 0. The van der Waals surface area contributed by atoms with Crippen LogP contribution in [0.4, 0.5) is 5.69 Å². The molecular weight excluding hydrogens is 238 g/mol. The molecule has 0 aliphatic carbocycles. The number of hydrogen-bond donors (Lipinski definition) is 1. The van der Waals surface area contributed by atoms with E-state index < -0.39 is 0 Å². The molecule has 1 aromatic rings. The van der Waals surface area contributed by atoms with Crippen molar-refractivity contribution in [3.63, 3.8) is 0 Å². The van der Waals surface area contributed by atoms with E-state index in [9.17, 15) is 4.79 Å². The standard InChI is InChI=1S/C15H23N3O/c1-12-5-3-6-14(11-16)15(12)18-8-4-7-17(9-10-18)13(2)19/h3,5-6H,4,7-11,16H2,1-2H3. The lowest BCUT2D eigenvalue weighted by molar-refractivity contribution is -0.128. The van der Waals surface area contributed by atoms with Crippen LogP contribution in [0.25, 0.3) is 0 Å². The zero-order chi connectivity index (χ0) is 13.8. The van der Waals surface area contributed by atoms with Crippen LogP contribution >= 0.6 is 0 Å². The quantitative estimate of drug-likeness (QED) is 0.878. The van der Waals surface area contributed by atoms with Crippen molar-refractivity contribution in [1.29, 1.82) is 0 Å². The molecule has 1 aromatic carbocycles. The first-order valence-corrected chi connectivity index (χ1v) is 6.92. The van der Waals surface area contributed by atoms with Crippen LogP contribution in [-0.4, -0.2) is 37.0 Å². The molecule has 0 spiro atoms. The van der Waals surface area contributed by atoms with Crippen molar-refractivity contribution in [2.75, 3.05) is 31.1 Å².